The Labute approximate surface area is 168 Å². The van der Waals surface area contributed by atoms with Crippen LogP contribution >= 0.6 is 0 Å². The van der Waals surface area contributed by atoms with Gasteiger partial charge in [-0.05, 0) is 24.6 Å². The summed E-state index contributed by atoms with van der Waals surface area (Å²) in [5.74, 6) is -0.267. The highest BCUT2D eigenvalue weighted by Gasteiger charge is 2.29. The van der Waals surface area contributed by atoms with Crippen molar-refractivity contribution in [1.82, 2.24) is 4.98 Å². The molecule has 0 unspecified atom stereocenters. The third-order valence-electron chi connectivity index (χ3n) is 5.20. The van der Waals surface area contributed by atoms with Crippen LogP contribution in [0.15, 0.2) is 84.1 Å². The fourth-order valence-electron chi connectivity index (χ4n) is 3.52. The van der Waals surface area contributed by atoms with Gasteiger partial charge in [0, 0.05) is 52.6 Å². The van der Waals surface area contributed by atoms with Gasteiger partial charge in [-0.25, -0.2) is 0 Å². The first kappa shape index (κ1) is 18.7. The predicted molar refractivity (Wildman–Crippen MR) is 110 cm³/mol. The molecule has 4 heteroatoms. The first-order chi connectivity index (χ1) is 14.0. The normalized spacial score (nSPS) is 13.4. The van der Waals surface area contributed by atoms with Crippen molar-refractivity contribution < 1.29 is 14.4 Å². The van der Waals surface area contributed by atoms with Gasteiger partial charge in [0.1, 0.15) is 0 Å². The summed E-state index contributed by atoms with van der Waals surface area (Å²) in [4.78, 5) is 42.3. The molecule has 2 aromatic carbocycles. The average molecular weight is 381 g/mol. The number of nitrogens with zero attached hydrogens (tertiary/aromatic N) is 1. The Balaban J connectivity index is 1.53. The highest BCUT2D eigenvalue weighted by molar-refractivity contribution is 6.26. The molecular weight excluding hydrogens is 362 g/mol. The van der Waals surface area contributed by atoms with Crippen LogP contribution in [0.5, 0.6) is 0 Å². The maximum atomic E-state index is 12.9. The Kier molecular flexibility index (Phi) is 5.00. The molecule has 0 bridgehead atoms. The summed E-state index contributed by atoms with van der Waals surface area (Å²) in [7, 11) is 0. The summed E-state index contributed by atoms with van der Waals surface area (Å²) in [6.45, 7) is 1.68. The van der Waals surface area contributed by atoms with Crippen molar-refractivity contribution in [2.75, 3.05) is 0 Å². The summed E-state index contributed by atoms with van der Waals surface area (Å²) >= 11 is 0. The summed E-state index contributed by atoms with van der Waals surface area (Å²) < 4.78 is 0. The van der Waals surface area contributed by atoms with Crippen molar-refractivity contribution in [2.24, 2.45) is 0 Å². The third kappa shape index (κ3) is 3.69. The van der Waals surface area contributed by atoms with Crippen LogP contribution < -0.4 is 0 Å². The Bertz CT molecular complexity index is 1140. The van der Waals surface area contributed by atoms with E-state index in [9.17, 15) is 14.4 Å². The minimum atomic E-state index is -0.135. The lowest BCUT2D eigenvalue weighted by Crippen LogP contribution is -2.22. The number of rotatable bonds is 5. The van der Waals surface area contributed by atoms with Crippen LogP contribution in [0.25, 0.3) is 0 Å². The quantitative estimate of drug-likeness (QED) is 0.613. The number of hydrogen-bond donors (Lipinski definition) is 0. The molecule has 0 radical (unpaired) electrons. The molecule has 0 aliphatic heterocycles. The van der Waals surface area contributed by atoms with Crippen LogP contribution in [-0.4, -0.2) is 22.3 Å². The van der Waals surface area contributed by atoms with Gasteiger partial charge in [-0.1, -0.05) is 54.6 Å². The summed E-state index contributed by atoms with van der Waals surface area (Å²) in [5.41, 5.74) is 3.94. The molecule has 142 valence electrons. The van der Waals surface area contributed by atoms with Crippen molar-refractivity contribution in [3.05, 3.63) is 112 Å². The number of fused-ring (bicyclic) bond motifs is 1. The molecule has 0 saturated carbocycles. The molecule has 1 aliphatic carbocycles. The zero-order valence-corrected chi connectivity index (χ0v) is 16.0. The van der Waals surface area contributed by atoms with E-state index in [4.69, 9.17) is 0 Å². The Morgan fingerprint density at radius 1 is 0.828 bits per heavy atom. The molecule has 0 fully saturated rings. The zero-order chi connectivity index (χ0) is 20.4. The van der Waals surface area contributed by atoms with Crippen LogP contribution in [0.2, 0.25) is 0 Å². The fraction of sp³-hybridized carbons (Fsp3) is 0.120. The molecule has 1 aliphatic rings. The largest absolute Gasteiger partial charge is 0.294 e. The maximum absolute atomic E-state index is 12.9. The molecule has 0 spiro atoms. The van der Waals surface area contributed by atoms with Crippen LogP contribution in [-0.2, 0) is 12.8 Å². The maximum Gasteiger partial charge on any atom is 0.190 e. The highest BCUT2D eigenvalue weighted by atomic mass is 16.1. The van der Waals surface area contributed by atoms with Crippen molar-refractivity contribution >= 4 is 17.3 Å². The number of pyridine rings is 1. The van der Waals surface area contributed by atoms with Gasteiger partial charge in [0.05, 0.1) is 0 Å². The van der Waals surface area contributed by atoms with Crippen molar-refractivity contribution in [3.8, 4) is 0 Å². The fourth-order valence-corrected chi connectivity index (χ4v) is 3.52. The van der Waals surface area contributed by atoms with Gasteiger partial charge < -0.3 is 0 Å². The lowest BCUT2D eigenvalue weighted by Gasteiger charge is -2.18. The van der Waals surface area contributed by atoms with E-state index < -0.39 is 0 Å². The molecule has 0 atom stereocenters. The highest BCUT2D eigenvalue weighted by Crippen LogP contribution is 2.27. The smallest absolute Gasteiger partial charge is 0.190 e. The Hall–Kier alpha value is -3.66. The van der Waals surface area contributed by atoms with Gasteiger partial charge in [0.15, 0.2) is 17.3 Å². The van der Waals surface area contributed by atoms with Crippen molar-refractivity contribution in [3.63, 3.8) is 0 Å². The molecule has 4 nitrogen and oxygen atoms in total. The Morgan fingerprint density at radius 3 is 2.14 bits per heavy atom. The molecule has 0 saturated heterocycles. The summed E-state index contributed by atoms with van der Waals surface area (Å²) in [6, 6.07) is 19.9. The van der Waals surface area contributed by atoms with Crippen LogP contribution in [0.4, 0.5) is 0 Å². The van der Waals surface area contributed by atoms with E-state index in [0.717, 1.165) is 5.56 Å². The minimum absolute atomic E-state index is 0.0107. The number of aromatic nitrogens is 1. The molecule has 3 aromatic rings. The monoisotopic (exact) mass is 381 g/mol. The van der Waals surface area contributed by atoms with Gasteiger partial charge in [-0.15, -0.1) is 0 Å². The van der Waals surface area contributed by atoms with Crippen LogP contribution in [0, 0.1) is 0 Å². The Morgan fingerprint density at radius 2 is 1.48 bits per heavy atom. The lowest BCUT2D eigenvalue weighted by molar-refractivity contribution is 0.0973. The van der Waals surface area contributed by atoms with Crippen molar-refractivity contribution in [1.29, 1.82) is 0 Å². The lowest BCUT2D eigenvalue weighted by atomic mass is 9.83. The second-order valence-electron chi connectivity index (χ2n) is 7.11. The van der Waals surface area contributed by atoms with Gasteiger partial charge >= 0.3 is 0 Å². The average Bonchev–Trinajstić information content (AvgIpc) is 2.76. The topological polar surface area (TPSA) is 64.1 Å². The van der Waals surface area contributed by atoms with E-state index >= 15 is 0 Å². The number of hydrogen-bond acceptors (Lipinski definition) is 4. The number of allylic oxidation sites excluding steroid dienone is 2. The number of ketones is 3. The first-order valence-corrected chi connectivity index (χ1v) is 9.45. The van der Waals surface area contributed by atoms with Crippen molar-refractivity contribution in [2.45, 2.75) is 19.8 Å². The third-order valence-corrected chi connectivity index (χ3v) is 5.20. The van der Waals surface area contributed by atoms with Gasteiger partial charge in [0.25, 0.3) is 0 Å². The molecule has 0 amide bonds. The minimum Gasteiger partial charge on any atom is -0.294 e. The molecule has 29 heavy (non-hydrogen) atoms. The van der Waals surface area contributed by atoms with Crippen LogP contribution in [0.3, 0.4) is 0 Å². The van der Waals surface area contributed by atoms with Gasteiger partial charge in [0.2, 0.25) is 0 Å². The van der Waals surface area contributed by atoms with E-state index in [1.165, 1.54) is 0 Å². The van der Waals surface area contributed by atoms with Crippen LogP contribution in [0.1, 0.15) is 49.3 Å². The van der Waals surface area contributed by atoms with E-state index in [-0.39, 0.29) is 23.8 Å². The SMILES string of the molecule is CC1=C(Cc2ccc(C(=O)Cc3ccccc3)cn2)C(=O)c2ccccc2C1=O. The van der Waals surface area contributed by atoms with E-state index in [1.807, 2.05) is 30.3 Å². The second kappa shape index (κ2) is 7.76. The standard InChI is InChI=1S/C25H19NO3/c1-16-22(25(29)21-10-6-5-9-20(21)24(16)28)14-19-12-11-18(15-26-19)23(27)13-17-7-3-2-4-8-17/h2-12,15H,13-14H2,1H3. The predicted octanol–water partition coefficient (Wildman–Crippen LogP) is 4.45. The zero-order valence-electron chi connectivity index (χ0n) is 16.0. The van der Waals surface area contributed by atoms with E-state index in [0.29, 0.717) is 40.0 Å². The number of benzene rings is 2. The summed E-state index contributed by atoms with van der Waals surface area (Å²) in [6.07, 6.45) is 2.12. The van der Waals surface area contributed by atoms with Gasteiger partial charge in [-0.3, -0.25) is 19.4 Å². The number of carbonyl (C=O) groups is 3. The number of Topliss-reactive ketones (excluding diaryl/α,β-unsaturated/α-hetero) is 3. The molecule has 4 rings (SSSR count). The molecule has 1 aromatic heterocycles. The van der Waals surface area contributed by atoms with Gasteiger partial charge in [-0.2, -0.15) is 0 Å². The second-order valence-corrected chi connectivity index (χ2v) is 7.11. The molecule has 1 heterocycles. The molecular formula is C25H19NO3. The molecule has 0 N–H and O–H groups in total. The summed E-state index contributed by atoms with van der Waals surface area (Å²) in [5, 5.41) is 0. The van der Waals surface area contributed by atoms with E-state index in [2.05, 4.69) is 4.98 Å². The first-order valence-electron chi connectivity index (χ1n) is 9.45. The number of carbonyl (C=O) groups excluding carboxylic acids is 3. The van der Waals surface area contributed by atoms with E-state index in [1.54, 1.807) is 49.5 Å².